The maximum absolute atomic E-state index is 14.0. The molecule has 31 heavy (non-hydrogen) atoms. The molecule has 2 unspecified atom stereocenters. The molecule has 2 amide bonds. The number of aliphatic carboxylic acids is 1. The molecule has 0 saturated carbocycles. The fraction of sp³-hybridized carbons (Fsp3) is 0.783. The van der Waals surface area contributed by atoms with E-state index < -0.39 is 39.4 Å². The van der Waals surface area contributed by atoms with E-state index in [2.05, 4.69) is 6.58 Å². The first-order chi connectivity index (χ1) is 14.4. The maximum atomic E-state index is 14.0. The number of rotatable bonds is 9. The third-order valence-corrected chi connectivity index (χ3v) is 9.28. The second-order valence-corrected chi connectivity index (χ2v) is 12.0. The highest BCUT2D eigenvalue weighted by molar-refractivity contribution is 8.02. The molecular formula is C23H36N2O5S. The number of carboxylic acids is 1. The first-order valence-corrected chi connectivity index (χ1v) is 12.0. The van der Waals surface area contributed by atoms with Crippen LogP contribution >= 0.6 is 11.8 Å². The van der Waals surface area contributed by atoms with Gasteiger partial charge in [-0.15, -0.1) is 18.3 Å². The number of carbonyl (C=O) groups is 3. The number of nitrogens with zero attached hydrogens (tertiary/aromatic N) is 2. The number of hydrogen-bond donors (Lipinski definition) is 2. The minimum Gasteiger partial charge on any atom is -0.481 e. The quantitative estimate of drug-likeness (QED) is 0.521. The van der Waals surface area contributed by atoms with Crippen molar-refractivity contribution in [2.24, 2.45) is 17.8 Å². The Balaban J connectivity index is 2.15. The number of aliphatic hydroxyl groups excluding tert-OH is 1. The summed E-state index contributed by atoms with van der Waals surface area (Å²) in [5.74, 6) is -2.80. The second-order valence-electron chi connectivity index (χ2n) is 10.2. The van der Waals surface area contributed by atoms with Crippen LogP contribution in [0.3, 0.4) is 0 Å². The standard InChI is InChI=1S/C23H36N2O5S/c1-7-10-24(14(4)5)20(28)18-23-9-8-22(6,31-23)17(21(29)30)16(23)19(27)25(18)15(12-26)11-13(2)3/h7,13-18,26H,1,8-12H2,2-6H3,(H,29,30)/t15-,16+,17-,18?,22+,23?/m1/s1. The molecule has 0 aromatic rings. The van der Waals surface area contributed by atoms with Crippen LogP contribution < -0.4 is 0 Å². The molecule has 3 heterocycles. The van der Waals surface area contributed by atoms with Crippen molar-refractivity contribution in [2.75, 3.05) is 13.2 Å². The van der Waals surface area contributed by atoms with Crippen LogP contribution in [0.5, 0.6) is 0 Å². The second kappa shape index (κ2) is 8.43. The van der Waals surface area contributed by atoms with Gasteiger partial charge in [0.1, 0.15) is 6.04 Å². The Morgan fingerprint density at radius 1 is 1.32 bits per heavy atom. The van der Waals surface area contributed by atoms with Gasteiger partial charge in [0.2, 0.25) is 11.8 Å². The smallest absolute Gasteiger partial charge is 0.308 e. The van der Waals surface area contributed by atoms with Crippen molar-refractivity contribution in [1.82, 2.24) is 9.80 Å². The lowest BCUT2D eigenvalue weighted by Crippen LogP contribution is -2.58. The number of likely N-dealkylation sites (tertiary alicyclic amines) is 1. The van der Waals surface area contributed by atoms with Gasteiger partial charge >= 0.3 is 5.97 Å². The zero-order chi connectivity index (χ0) is 23.3. The minimum absolute atomic E-state index is 0.0926. The maximum Gasteiger partial charge on any atom is 0.308 e. The molecule has 3 rings (SSSR count). The Bertz CT molecular complexity index is 771. The summed E-state index contributed by atoms with van der Waals surface area (Å²) >= 11 is 1.53. The van der Waals surface area contributed by atoms with E-state index in [4.69, 9.17) is 0 Å². The number of carboxylic acid groups (broad SMARTS) is 1. The Hall–Kier alpha value is -1.54. The van der Waals surface area contributed by atoms with E-state index in [0.29, 0.717) is 25.8 Å². The molecule has 0 aliphatic carbocycles. The molecular weight excluding hydrogens is 416 g/mol. The van der Waals surface area contributed by atoms with Crippen molar-refractivity contribution in [3.8, 4) is 0 Å². The first-order valence-electron chi connectivity index (χ1n) is 11.2. The Kier molecular flexibility index (Phi) is 6.55. The molecule has 3 aliphatic rings. The zero-order valence-electron chi connectivity index (χ0n) is 19.2. The fourth-order valence-corrected chi connectivity index (χ4v) is 8.41. The molecule has 0 aromatic carbocycles. The van der Waals surface area contributed by atoms with Crippen molar-refractivity contribution in [1.29, 1.82) is 0 Å². The summed E-state index contributed by atoms with van der Waals surface area (Å²) in [6.07, 6.45) is 3.51. The van der Waals surface area contributed by atoms with Crippen molar-refractivity contribution in [2.45, 2.75) is 81.5 Å². The van der Waals surface area contributed by atoms with Gasteiger partial charge in [0.05, 0.1) is 29.2 Å². The molecule has 174 valence electrons. The Labute approximate surface area is 189 Å². The molecule has 7 nitrogen and oxygen atoms in total. The number of thioether (sulfide) groups is 1. The molecule has 2 bridgehead atoms. The molecule has 0 aromatic heterocycles. The van der Waals surface area contributed by atoms with E-state index in [1.54, 1.807) is 15.9 Å². The third-order valence-electron chi connectivity index (χ3n) is 7.29. The van der Waals surface area contributed by atoms with E-state index in [0.717, 1.165) is 0 Å². The lowest BCUT2D eigenvalue weighted by molar-refractivity contribution is -0.151. The number of hydrogen-bond acceptors (Lipinski definition) is 5. The average molecular weight is 453 g/mol. The van der Waals surface area contributed by atoms with Crippen LogP contribution in [0.2, 0.25) is 0 Å². The molecule has 2 N–H and O–H groups in total. The highest BCUT2D eigenvalue weighted by atomic mass is 32.2. The van der Waals surface area contributed by atoms with Crippen LogP contribution in [0, 0.1) is 17.8 Å². The van der Waals surface area contributed by atoms with E-state index >= 15 is 0 Å². The number of fused-ring (bicyclic) bond motifs is 1. The van der Waals surface area contributed by atoms with E-state index in [9.17, 15) is 24.6 Å². The van der Waals surface area contributed by atoms with Crippen LogP contribution in [-0.2, 0) is 14.4 Å². The van der Waals surface area contributed by atoms with Crippen LogP contribution in [0.15, 0.2) is 12.7 Å². The lowest BCUT2D eigenvalue weighted by atomic mass is 9.66. The first kappa shape index (κ1) is 24.1. The highest BCUT2D eigenvalue weighted by Gasteiger charge is 2.78. The predicted octanol–water partition coefficient (Wildman–Crippen LogP) is 2.38. The van der Waals surface area contributed by atoms with E-state index in [1.165, 1.54) is 11.8 Å². The topological polar surface area (TPSA) is 98.2 Å². The van der Waals surface area contributed by atoms with Gasteiger partial charge in [-0.05, 0) is 46.0 Å². The Morgan fingerprint density at radius 3 is 2.45 bits per heavy atom. The SMILES string of the molecule is C=CCN(C(=O)C1N([C@@H](CO)CC(C)C)C(=O)[C@@H]2[C@H](C(=O)O)[C@]3(C)CCC12S3)C(C)C. The summed E-state index contributed by atoms with van der Waals surface area (Å²) in [5.41, 5.74) is 0. The van der Waals surface area contributed by atoms with Gasteiger partial charge in [-0.2, -0.15) is 0 Å². The van der Waals surface area contributed by atoms with Crippen LogP contribution in [0.1, 0.15) is 53.9 Å². The van der Waals surface area contributed by atoms with Crippen molar-refractivity contribution in [3.05, 3.63) is 12.7 Å². The van der Waals surface area contributed by atoms with Crippen LogP contribution in [0.25, 0.3) is 0 Å². The lowest BCUT2D eigenvalue weighted by Gasteiger charge is -2.41. The van der Waals surface area contributed by atoms with Crippen LogP contribution in [-0.4, -0.2) is 78.6 Å². The molecule has 8 heteroatoms. The summed E-state index contributed by atoms with van der Waals surface area (Å²) in [6, 6.07) is -1.38. The van der Waals surface area contributed by atoms with Crippen molar-refractivity contribution >= 4 is 29.5 Å². The van der Waals surface area contributed by atoms with Crippen LogP contribution in [0.4, 0.5) is 0 Å². The van der Waals surface area contributed by atoms with Crippen molar-refractivity contribution < 1.29 is 24.6 Å². The molecule has 1 spiro atoms. The number of amides is 2. The summed E-state index contributed by atoms with van der Waals surface area (Å²) in [4.78, 5) is 43.4. The van der Waals surface area contributed by atoms with E-state index in [1.807, 2.05) is 34.6 Å². The summed E-state index contributed by atoms with van der Waals surface area (Å²) in [6.45, 7) is 13.7. The zero-order valence-corrected chi connectivity index (χ0v) is 20.0. The van der Waals surface area contributed by atoms with Gasteiger partial charge in [-0.3, -0.25) is 14.4 Å². The fourth-order valence-electron chi connectivity index (χ4n) is 6.08. The van der Waals surface area contributed by atoms with Gasteiger partial charge in [-0.1, -0.05) is 19.9 Å². The van der Waals surface area contributed by atoms with Gasteiger partial charge in [0, 0.05) is 17.3 Å². The largest absolute Gasteiger partial charge is 0.481 e. The van der Waals surface area contributed by atoms with Gasteiger partial charge in [0.15, 0.2) is 0 Å². The molecule has 0 radical (unpaired) electrons. The minimum atomic E-state index is -0.973. The molecule has 3 aliphatic heterocycles. The summed E-state index contributed by atoms with van der Waals surface area (Å²) in [5, 5.41) is 20.3. The highest BCUT2D eigenvalue weighted by Crippen LogP contribution is 2.71. The monoisotopic (exact) mass is 452 g/mol. The predicted molar refractivity (Wildman–Crippen MR) is 121 cm³/mol. The number of aliphatic hydroxyl groups is 1. The summed E-state index contributed by atoms with van der Waals surface area (Å²) < 4.78 is -1.34. The van der Waals surface area contributed by atoms with Gasteiger partial charge in [-0.25, -0.2) is 0 Å². The Morgan fingerprint density at radius 2 is 1.97 bits per heavy atom. The molecule has 3 fully saturated rings. The van der Waals surface area contributed by atoms with Gasteiger partial charge in [0.25, 0.3) is 0 Å². The summed E-state index contributed by atoms with van der Waals surface area (Å²) in [7, 11) is 0. The normalized spacial score (nSPS) is 35.0. The molecule has 3 saturated heterocycles. The van der Waals surface area contributed by atoms with E-state index in [-0.39, 0.29) is 30.4 Å². The average Bonchev–Trinajstić information content (AvgIpc) is 3.24. The number of carbonyl (C=O) groups excluding carboxylic acids is 2. The van der Waals surface area contributed by atoms with Gasteiger partial charge < -0.3 is 20.0 Å². The third kappa shape index (κ3) is 3.59. The molecule has 6 atom stereocenters. The van der Waals surface area contributed by atoms with Crippen molar-refractivity contribution in [3.63, 3.8) is 0 Å².